The topological polar surface area (TPSA) is 29.5 Å². The number of hydrogen-bond acceptors (Lipinski definition) is 2. The second kappa shape index (κ2) is 11.1. The highest BCUT2D eigenvalue weighted by molar-refractivity contribution is 9.10. The van der Waals surface area contributed by atoms with Gasteiger partial charge in [0.05, 0.1) is 12.7 Å². The first kappa shape index (κ1) is 18.5. The summed E-state index contributed by atoms with van der Waals surface area (Å²) in [5, 5.41) is 9.74. The summed E-state index contributed by atoms with van der Waals surface area (Å²) in [6.07, 6.45) is 9.88. The fourth-order valence-corrected chi connectivity index (χ4v) is 2.74. The second-order valence-corrected chi connectivity index (χ2v) is 6.60. The number of aliphatic hydroxyl groups is 1. The van der Waals surface area contributed by atoms with Crippen molar-refractivity contribution in [3.63, 3.8) is 0 Å². The van der Waals surface area contributed by atoms with Crippen molar-refractivity contribution in [2.75, 3.05) is 6.61 Å². The van der Waals surface area contributed by atoms with Gasteiger partial charge in [0.2, 0.25) is 0 Å². The minimum atomic E-state index is -0.494. The van der Waals surface area contributed by atoms with E-state index in [0.29, 0.717) is 0 Å². The van der Waals surface area contributed by atoms with Gasteiger partial charge in [-0.05, 0) is 25.5 Å². The Morgan fingerprint density at radius 2 is 1.67 bits per heavy atom. The van der Waals surface area contributed by atoms with E-state index in [1.807, 2.05) is 18.2 Å². The molecule has 1 atom stereocenters. The molecule has 1 unspecified atom stereocenters. The molecule has 1 rings (SSSR count). The molecule has 0 aliphatic rings. The van der Waals surface area contributed by atoms with Gasteiger partial charge in [0.15, 0.2) is 0 Å². The van der Waals surface area contributed by atoms with Gasteiger partial charge in [-0.1, -0.05) is 73.9 Å². The molecular formula is C18H29BrO2. The molecule has 2 nitrogen and oxygen atoms in total. The van der Waals surface area contributed by atoms with Crippen LogP contribution in [0.5, 0.6) is 5.75 Å². The first-order valence-electron chi connectivity index (χ1n) is 8.25. The van der Waals surface area contributed by atoms with Crippen LogP contribution in [0.2, 0.25) is 0 Å². The molecule has 0 radical (unpaired) electrons. The molecule has 3 heteroatoms. The first-order chi connectivity index (χ1) is 10.1. The maximum Gasteiger partial charge on any atom is 0.126 e. The Kier molecular flexibility index (Phi) is 9.77. The predicted octanol–water partition coefficient (Wildman–Crippen LogP) is 6.02. The van der Waals surface area contributed by atoms with Gasteiger partial charge in [0.25, 0.3) is 0 Å². The van der Waals surface area contributed by atoms with Gasteiger partial charge in [-0.25, -0.2) is 0 Å². The normalized spacial score (nSPS) is 12.4. The number of benzene rings is 1. The van der Waals surface area contributed by atoms with E-state index in [0.717, 1.165) is 28.8 Å². The van der Waals surface area contributed by atoms with Crippen molar-refractivity contribution in [2.45, 2.75) is 71.3 Å². The van der Waals surface area contributed by atoms with Crippen LogP contribution in [-0.4, -0.2) is 11.7 Å². The van der Waals surface area contributed by atoms with E-state index in [9.17, 15) is 5.11 Å². The number of halogens is 1. The van der Waals surface area contributed by atoms with E-state index >= 15 is 0 Å². The van der Waals surface area contributed by atoms with Crippen molar-refractivity contribution in [1.29, 1.82) is 0 Å². The van der Waals surface area contributed by atoms with Crippen molar-refractivity contribution >= 4 is 15.9 Å². The average Bonchev–Trinajstić information content (AvgIpc) is 2.45. The summed E-state index contributed by atoms with van der Waals surface area (Å²) in [6, 6.07) is 5.79. The minimum absolute atomic E-state index is 0.494. The molecule has 0 bridgehead atoms. The largest absolute Gasteiger partial charge is 0.493 e. The monoisotopic (exact) mass is 356 g/mol. The highest BCUT2D eigenvalue weighted by Crippen LogP contribution is 2.28. The maximum absolute atomic E-state index is 9.74. The zero-order valence-corrected chi connectivity index (χ0v) is 15.0. The van der Waals surface area contributed by atoms with Crippen LogP contribution < -0.4 is 4.74 Å². The lowest BCUT2D eigenvalue weighted by molar-refractivity contribution is 0.190. The quantitative estimate of drug-likeness (QED) is 0.491. The third kappa shape index (κ3) is 7.87. The van der Waals surface area contributed by atoms with Crippen molar-refractivity contribution in [3.8, 4) is 5.75 Å². The summed E-state index contributed by atoms with van der Waals surface area (Å²) in [5.74, 6) is 0.794. The Morgan fingerprint density at radius 3 is 2.29 bits per heavy atom. The Hall–Kier alpha value is -0.540. The first-order valence-corrected chi connectivity index (χ1v) is 9.04. The molecule has 0 aromatic heterocycles. The minimum Gasteiger partial charge on any atom is -0.493 e. The van der Waals surface area contributed by atoms with Crippen LogP contribution >= 0.6 is 15.9 Å². The summed E-state index contributed by atoms with van der Waals surface area (Å²) in [6.45, 7) is 4.75. The van der Waals surface area contributed by atoms with Crippen LogP contribution in [0.15, 0.2) is 22.7 Å². The summed E-state index contributed by atoms with van der Waals surface area (Å²) >= 11 is 3.45. The van der Waals surface area contributed by atoms with Crippen molar-refractivity contribution in [1.82, 2.24) is 0 Å². The smallest absolute Gasteiger partial charge is 0.126 e. The fraction of sp³-hybridized carbons (Fsp3) is 0.667. The molecule has 1 aromatic rings. The van der Waals surface area contributed by atoms with Gasteiger partial charge in [-0.2, -0.15) is 0 Å². The van der Waals surface area contributed by atoms with Crippen LogP contribution in [0.1, 0.15) is 76.9 Å². The number of aliphatic hydroxyl groups excluding tert-OH is 1. The Bertz CT molecular complexity index is 391. The summed E-state index contributed by atoms with van der Waals surface area (Å²) in [5.41, 5.74) is 0.859. The van der Waals surface area contributed by atoms with Crippen LogP contribution in [0, 0.1) is 0 Å². The van der Waals surface area contributed by atoms with E-state index in [4.69, 9.17) is 4.74 Å². The summed E-state index contributed by atoms with van der Waals surface area (Å²) in [7, 11) is 0. The summed E-state index contributed by atoms with van der Waals surface area (Å²) < 4.78 is 6.82. The van der Waals surface area contributed by atoms with Crippen LogP contribution in [0.3, 0.4) is 0 Å². The molecular weight excluding hydrogens is 328 g/mol. The zero-order valence-electron chi connectivity index (χ0n) is 13.4. The van der Waals surface area contributed by atoms with Crippen molar-refractivity contribution in [3.05, 3.63) is 28.2 Å². The van der Waals surface area contributed by atoms with E-state index in [2.05, 4.69) is 22.9 Å². The third-order valence-electron chi connectivity index (χ3n) is 3.68. The van der Waals surface area contributed by atoms with E-state index in [1.54, 1.807) is 6.92 Å². The Morgan fingerprint density at radius 1 is 1.05 bits per heavy atom. The molecule has 0 aliphatic carbocycles. The zero-order chi connectivity index (χ0) is 15.5. The predicted molar refractivity (Wildman–Crippen MR) is 92.9 cm³/mol. The molecule has 1 N–H and O–H groups in total. The summed E-state index contributed by atoms with van der Waals surface area (Å²) in [4.78, 5) is 0. The molecule has 0 heterocycles. The van der Waals surface area contributed by atoms with Crippen LogP contribution in [0.4, 0.5) is 0 Å². The molecule has 0 aliphatic heterocycles. The SMILES string of the molecule is CCCCCCCCCCOc1cc(Br)ccc1C(C)O. The second-order valence-electron chi connectivity index (χ2n) is 5.68. The number of rotatable bonds is 11. The van der Waals surface area contributed by atoms with Crippen LogP contribution in [-0.2, 0) is 0 Å². The maximum atomic E-state index is 9.74. The molecule has 0 fully saturated rings. The Labute approximate surface area is 138 Å². The molecule has 120 valence electrons. The fourth-order valence-electron chi connectivity index (χ4n) is 2.40. The van der Waals surface area contributed by atoms with Gasteiger partial charge in [0, 0.05) is 10.0 Å². The third-order valence-corrected chi connectivity index (χ3v) is 4.17. The number of unbranched alkanes of at least 4 members (excludes halogenated alkanes) is 7. The van der Waals surface area contributed by atoms with Gasteiger partial charge >= 0.3 is 0 Å². The van der Waals surface area contributed by atoms with Gasteiger partial charge < -0.3 is 9.84 Å². The lowest BCUT2D eigenvalue weighted by Crippen LogP contribution is -2.02. The van der Waals surface area contributed by atoms with Gasteiger partial charge in [-0.15, -0.1) is 0 Å². The van der Waals surface area contributed by atoms with Crippen molar-refractivity contribution < 1.29 is 9.84 Å². The molecule has 0 spiro atoms. The highest BCUT2D eigenvalue weighted by Gasteiger charge is 2.09. The van der Waals surface area contributed by atoms with Crippen LogP contribution in [0.25, 0.3) is 0 Å². The van der Waals surface area contributed by atoms with Gasteiger partial charge in [0.1, 0.15) is 5.75 Å². The number of hydrogen-bond donors (Lipinski definition) is 1. The van der Waals surface area contributed by atoms with Crippen molar-refractivity contribution in [2.24, 2.45) is 0 Å². The molecule has 21 heavy (non-hydrogen) atoms. The molecule has 0 saturated carbocycles. The molecule has 0 amide bonds. The molecule has 1 aromatic carbocycles. The number of ether oxygens (including phenoxy) is 1. The Balaban J connectivity index is 2.19. The molecule has 0 saturated heterocycles. The van der Waals surface area contributed by atoms with E-state index in [-0.39, 0.29) is 0 Å². The highest BCUT2D eigenvalue weighted by atomic mass is 79.9. The average molecular weight is 357 g/mol. The van der Waals surface area contributed by atoms with Gasteiger partial charge in [-0.3, -0.25) is 0 Å². The van der Waals surface area contributed by atoms with E-state index < -0.39 is 6.10 Å². The lowest BCUT2D eigenvalue weighted by atomic mass is 10.1. The standard InChI is InChI=1S/C18H29BrO2/c1-3-4-5-6-7-8-9-10-13-21-18-14-16(19)11-12-17(18)15(2)20/h11-12,14-15,20H,3-10,13H2,1-2H3. The van der Waals surface area contributed by atoms with E-state index in [1.165, 1.54) is 44.9 Å². The lowest BCUT2D eigenvalue weighted by Gasteiger charge is -2.14.